The Balaban J connectivity index is 1.53. The summed E-state index contributed by atoms with van der Waals surface area (Å²) in [6, 6.07) is 5.56. The normalized spacial score (nSPS) is 21.4. The zero-order valence-corrected chi connectivity index (χ0v) is 16.7. The Morgan fingerprint density at radius 3 is 2.54 bits per heavy atom. The van der Waals surface area contributed by atoms with Crippen LogP contribution in [0.2, 0.25) is 0 Å². The van der Waals surface area contributed by atoms with Crippen LogP contribution in [0.3, 0.4) is 0 Å². The molecule has 6 nitrogen and oxygen atoms in total. The van der Waals surface area contributed by atoms with Gasteiger partial charge in [0.05, 0.1) is 19.1 Å². The predicted octanol–water partition coefficient (Wildman–Crippen LogP) is 1.90. The molecule has 1 unspecified atom stereocenters. The van der Waals surface area contributed by atoms with Crippen LogP contribution in [-0.4, -0.2) is 73.1 Å². The molecule has 28 heavy (non-hydrogen) atoms. The van der Waals surface area contributed by atoms with Crippen molar-refractivity contribution >= 4 is 11.8 Å². The molecule has 2 fully saturated rings. The molecule has 1 N–H and O–H groups in total. The highest BCUT2D eigenvalue weighted by atomic mass is 19.1. The second-order valence-corrected chi connectivity index (χ2v) is 8.23. The molecule has 0 aromatic heterocycles. The molecule has 1 atom stereocenters. The van der Waals surface area contributed by atoms with E-state index in [1.54, 1.807) is 4.90 Å². The first kappa shape index (κ1) is 20.7. The van der Waals surface area contributed by atoms with Crippen LogP contribution < -0.4 is 5.32 Å². The lowest BCUT2D eigenvalue weighted by molar-refractivity contribution is -0.127. The minimum Gasteiger partial charge on any atom is -0.379 e. The van der Waals surface area contributed by atoms with E-state index >= 15 is 0 Å². The van der Waals surface area contributed by atoms with E-state index in [0.717, 1.165) is 39.1 Å². The van der Waals surface area contributed by atoms with Gasteiger partial charge in [0.2, 0.25) is 5.91 Å². The number of likely N-dealkylation sites (tertiary alicyclic amines) is 1. The highest BCUT2D eigenvalue weighted by Gasteiger charge is 2.32. The summed E-state index contributed by atoms with van der Waals surface area (Å²) in [5, 5.41) is 3.09. The van der Waals surface area contributed by atoms with Crippen molar-refractivity contribution in [3.05, 3.63) is 35.6 Å². The average molecular weight is 391 g/mol. The van der Waals surface area contributed by atoms with Gasteiger partial charge in [0.15, 0.2) is 0 Å². The summed E-state index contributed by atoms with van der Waals surface area (Å²) < 4.78 is 18.5. The van der Waals surface area contributed by atoms with Gasteiger partial charge in [-0.3, -0.25) is 14.5 Å². The summed E-state index contributed by atoms with van der Waals surface area (Å²) in [5.74, 6) is -0.724. The largest absolute Gasteiger partial charge is 0.379 e. The van der Waals surface area contributed by atoms with Crippen molar-refractivity contribution in [2.75, 3.05) is 45.9 Å². The molecule has 0 spiro atoms. The van der Waals surface area contributed by atoms with Crippen molar-refractivity contribution in [2.45, 2.75) is 32.2 Å². The lowest BCUT2D eigenvalue weighted by Crippen LogP contribution is -2.56. The van der Waals surface area contributed by atoms with Crippen LogP contribution in [-0.2, 0) is 9.53 Å². The number of nitrogens with one attached hydrogen (secondary N) is 1. The number of piperidine rings is 1. The Bertz CT molecular complexity index is 687. The maximum absolute atomic E-state index is 13.1. The SMILES string of the molecule is CC(C)(CNC(=O)C1CCCN(C(=O)c2ccc(F)cc2)C1)N1CCOCC1. The quantitative estimate of drug-likeness (QED) is 0.833. The standard InChI is InChI=1S/C21H30FN3O3/c1-21(2,25-10-12-28-13-11-25)15-23-19(26)17-4-3-9-24(14-17)20(27)16-5-7-18(22)8-6-16/h5-8,17H,3-4,9-15H2,1-2H3,(H,23,26). The molecular weight excluding hydrogens is 361 g/mol. The molecule has 2 aliphatic heterocycles. The van der Waals surface area contributed by atoms with Gasteiger partial charge in [-0.25, -0.2) is 4.39 Å². The zero-order valence-electron chi connectivity index (χ0n) is 16.7. The van der Waals surface area contributed by atoms with Crippen molar-refractivity contribution in [2.24, 2.45) is 5.92 Å². The van der Waals surface area contributed by atoms with Crippen LogP contribution in [0.1, 0.15) is 37.0 Å². The van der Waals surface area contributed by atoms with Gasteiger partial charge < -0.3 is 15.0 Å². The number of hydrogen-bond donors (Lipinski definition) is 1. The van der Waals surface area contributed by atoms with E-state index in [1.807, 2.05) is 0 Å². The van der Waals surface area contributed by atoms with Crippen LogP contribution >= 0.6 is 0 Å². The number of halogens is 1. The van der Waals surface area contributed by atoms with Crippen molar-refractivity contribution in [1.29, 1.82) is 0 Å². The molecular formula is C21H30FN3O3. The number of amides is 2. The number of benzene rings is 1. The molecule has 0 aliphatic carbocycles. The van der Waals surface area contributed by atoms with Crippen molar-refractivity contribution in [3.63, 3.8) is 0 Å². The summed E-state index contributed by atoms with van der Waals surface area (Å²) in [6.07, 6.45) is 1.56. The van der Waals surface area contributed by atoms with Crippen LogP contribution in [0.25, 0.3) is 0 Å². The number of nitrogens with zero attached hydrogens (tertiary/aromatic N) is 2. The summed E-state index contributed by atoms with van der Waals surface area (Å²) in [5.41, 5.74) is 0.313. The third-order valence-electron chi connectivity index (χ3n) is 5.73. The highest BCUT2D eigenvalue weighted by molar-refractivity contribution is 5.94. The molecule has 0 bridgehead atoms. The van der Waals surface area contributed by atoms with E-state index in [0.29, 0.717) is 25.2 Å². The average Bonchev–Trinajstić information content (AvgIpc) is 2.73. The molecule has 7 heteroatoms. The highest BCUT2D eigenvalue weighted by Crippen LogP contribution is 2.20. The van der Waals surface area contributed by atoms with Gasteiger partial charge in [-0.15, -0.1) is 0 Å². The summed E-state index contributed by atoms with van der Waals surface area (Å²) in [7, 11) is 0. The van der Waals surface area contributed by atoms with Crippen molar-refractivity contribution in [1.82, 2.24) is 15.1 Å². The molecule has 2 heterocycles. The van der Waals surface area contributed by atoms with E-state index in [9.17, 15) is 14.0 Å². The lowest BCUT2D eigenvalue weighted by Gasteiger charge is -2.41. The second-order valence-electron chi connectivity index (χ2n) is 8.23. The monoisotopic (exact) mass is 391 g/mol. The van der Waals surface area contributed by atoms with Gasteiger partial charge in [-0.05, 0) is 51.0 Å². The Morgan fingerprint density at radius 1 is 1.18 bits per heavy atom. The van der Waals surface area contributed by atoms with E-state index in [1.165, 1.54) is 24.3 Å². The Labute approximate surface area is 166 Å². The van der Waals surface area contributed by atoms with Gasteiger partial charge in [0, 0.05) is 43.8 Å². The number of carbonyl (C=O) groups excluding carboxylic acids is 2. The van der Waals surface area contributed by atoms with Crippen molar-refractivity contribution in [3.8, 4) is 0 Å². The van der Waals surface area contributed by atoms with Crippen LogP contribution in [0.4, 0.5) is 4.39 Å². The molecule has 2 saturated heterocycles. The minimum atomic E-state index is -0.365. The van der Waals surface area contributed by atoms with E-state index in [4.69, 9.17) is 4.74 Å². The van der Waals surface area contributed by atoms with Crippen LogP contribution in [0.15, 0.2) is 24.3 Å². The van der Waals surface area contributed by atoms with Crippen molar-refractivity contribution < 1.29 is 18.7 Å². The van der Waals surface area contributed by atoms with E-state index < -0.39 is 0 Å². The number of rotatable bonds is 5. The summed E-state index contributed by atoms with van der Waals surface area (Å²) in [4.78, 5) is 29.4. The smallest absolute Gasteiger partial charge is 0.253 e. The first-order valence-corrected chi connectivity index (χ1v) is 10.0. The molecule has 3 rings (SSSR count). The van der Waals surface area contributed by atoms with Crippen LogP contribution in [0, 0.1) is 11.7 Å². The van der Waals surface area contributed by atoms with Crippen LogP contribution in [0.5, 0.6) is 0 Å². The van der Waals surface area contributed by atoms with E-state index in [2.05, 4.69) is 24.1 Å². The fraction of sp³-hybridized carbons (Fsp3) is 0.619. The molecule has 1 aromatic rings. The third kappa shape index (κ3) is 5.08. The number of morpholine rings is 1. The maximum Gasteiger partial charge on any atom is 0.253 e. The number of hydrogen-bond acceptors (Lipinski definition) is 4. The Hall–Kier alpha value is -1.99. The first-order chi connectivity index (χ1) is 13.4. The van der Waals surface area contributed by atoms with Gasteiger partial charge >= 0.3 is 0 Å². The second kappa shape index (κ2) is 9.01. The molecule has 0 saturated carbocycles. The fourth-order valence-corrected chi connectivity index (χ4v) is 3.88. The molecule has 154 valence electrons. The Morgan fingerprint density at radius 2 is 1.86 bits per heavy atom. The van der Waals surface area contributed by atoms with Gasteiger partial charge in [-0.2, -0.15) is 0 Å². The first-order valence-electron chi connectivity index (χ1n) is 10.0. The zero-order chi connectivity index (χ0) is 20.1. The van der Waals surface area contributed by atoms with Gasteiger partial charge in [0.1, 0.15) is 5.82 Å². The maximum atomic E-state index is 13.1. The predicted molar refractivity (Wildman–Crippen MR) is 105 cm³/mol. The molecule has 0 radical (unpaired) electrons. The minimum absolute atomic E-state index is 0.00191. The summed E-state index contributed by atoms with van der Waals surface area (Å²) >= 11 is 0. The molecule has 2 amide bonds. The van der Waals surface area contributed by atoms with E-state index in [-0.39, 0.29) is 29.1 Å². The number of ether oxygens (including phenoxy) is 1. The topological polar surface area (TPSA) is 61.9 Å². The summed E-state index contributed by atoms with van der Waals surface area (Å²) in [6.45, 7) is 9.03. The number of carbonyl (C=O) groups is 2. The molecule has 1 aromatic carbocycles. The lowest BCUT2D eigenvalue weighted by atomic mass is 9.95. The Kier molecular flexibility index (Phi) is 6.67. The third-order valence-corrected chi connectivity index (χ3v) is 5.73. The molecule has 2 aliphatic rings. The van der Waals surface area contributed by atoms with Gasteiger partial charge in [-0.1, -0.05) is 0 Å². The van der Waals surface area contributed by atoms with Gasteiger partial charge in [0.25, 0.3) is 5.91 Å². The fourth-order valence-electron chi connectivity index (χ4n) is 3.88.